The van der Waals surface area contributed by atoms with E-state index < -0.39 is 6.04 Å². The summed E-state index contributed by atoms with van der Waals surface area (Å²) in [5.41, 5.74) is 2.19. The van der Waals surface area contributed by atoms with E-state index in [2.05, 4.69) is 5.32 Å². The van der Waals surface area contributed by atoms with Gasteiger partial charge in [-0.2, -0.15) is 0 Å². The van der Waals surface area contributed by atoms with E-state index in [-0.39, 0.29) is 17.8 Å². The Kier molecular flexibility index (Phi) is 6.60. The van der Waals surface area contributed by atoms with E-state index in [0.717, 1.165) is 11.1 Å². The van der Waals surface area contributed by atoms with Gasteiger partial charge in [0.05, 0.1) is 6.61 Å². The van der Waals surface area contributed by atoms with Crippen LogP contribution in [-0.2, 0) is 14.3 Å². The molecule has 3 rings (SSSR count). The second-order valence-electron chi connectivity index (χ2n) is 6.64. The van der Waals surface area contributed by atoms with E-state index in [9.17, 15) is 9.59 Å². The van der Waals surface area contributed by atoms with E-state index in [1.807, 2.05) is 60.7 Å². The third kappa shape index (κ3) is 4.74. The quantitative estimate of drug-likeness (QED) is 0.799. The second-order valence-corrected chi connectivity index (χ2v) is 6.64. The van der Waals surface area contributed by atoms with Gasteiger partial charge in [-0.05, 0) is 18.1 Å². The highest BCUT2D eigenvalue weighted by Crippen LogP contribution is 2.29. The van der Waals surface area contributed by atoms with Crippen molar-refractivity contribution < 1.29 is 14.3 Å². The first-order valence-corrected chi connectivity index (χ1v) is 9.47. The lowest BCUT2D eigenvalue weighted by molar-refractivity contribution is -0.155. The van der Waals surface area contributed by atoms with Gasteiger partial charge >= 0.3 is 5.97 Å². The first-order chi connectivity index (χ1) is 13.2. The van der Waals surface area contributed by atoms with Crippen LogP contribution >= 0.6 is 0 Å². The summed E-state index contributed by atoms with van der Waals surface area (Å²) in [5.74, 6) is -0.404. The van der Waals surface area contributed by atoms with Crippen LogP contribution in [0, 0.1) is 0 Å². The molecular weight excluding hydrogens is 340 g/mol. The zero-order valence-corrected chi connectivity index (χ0v) is 15.6. The van der Waals surface area contributed by atoms with Gasteiger partial charge in [0.1, 0.15) is 6.04 Å². The molecule has 1 N–H and O–H groups in total. The first kappa shape index (κ1) is 19.1. The Bertz CT molecular complexity index is 709. The van der Waals surface area contributed by atoms with Crippen molar-refractivity contribution in [3.05, 3.63) is 71.8 Å². The maximum absolute atomic E-state index is 13.2. The maximum Gasteiger partial charge on any atom is 0.330 e. The average Bonchev–Trinajstić information content (AvgIpc) is 2.73. The Morgan fingerprint density at radius 3 is 2.22 bits per heavy atom. The van der Waals surface area contributed by atoms with Crippen molar-refractivity contribution in [1.29, 1.82) is 0 Å². The van der Waals surface area contributed by atoms with E-state index in [4.69, 9.17) is 4.74 Å². The van der Waals surface area contributed by atoms with Gasteiger partial charge < -0.3 is 15.0 Å². The molecular formula is C22H26N2O3. The molecule has 0 bridgehead atoms. The summed E-state index contributed by atoms with van der Waals surface area (Å²) >= 11 is 0. The second kappa shape index (κ2) is 9.33. The number of amides is 1. The molecule has 27 heavy (non-hydrogen) atoms. The number of ether oxygens (including phenoxy) is 1. The Hall–Kier alpha value is -2.66. The standard InChI is InChI=1S/C22H26N2O3/c1-2-27-22(26)20-16-23-13-14-24(20)21(25)15-19(17-9-5-3-6-10-17)18-11-7-4-8-12-18/h3-12,19-20,23H,2,13-16H2,1H3. The summed E-state index contributed by atoms with van der Waals surface area (Å²) in [6.07, 6.45) is 0.323. The van der Waals surface area contributed by atoms with Crippen molar-refractivity contribution in [3.63, 3.8) is 0 Å². The molecule has 5 heteroatoms. The van der Waals surface area contributed by atoms with Crippen LogP contribution in [0.2, 0.25) is 0 Å². The SMILES string of the molecule is CCOC(=O)C1CNCCN1C(=O)CC(c1ccccc1)c1ccccc1. The Balaban J connectivity index is 1.82. The van der Waals surface area contributed by atoms with E-state index >= 15 is 0 Å². The van der Waals surface area contributed by atoms with Gasteiger partial charge in [0.2, 0.25) is 5.91 Å². The van der Waals surface area contributed by atoms with Crippen LogP contribution in [0.4, 0.5) is 0 Å². The smallest absolute Gasteiger partial charge is 0.330 e. The molecule has 2 aromatic carbocycles. The molecule has 1 saturated heterocycles. The Morgan fingerprint density at radius 1 is 1.07 bits per heavy atom. The normalized spacial score (nSPS) is 17.0. The minimum absolute atomic E-state index is 0.0211. The lowest BCUT2D eigenvalue weighted by Gasteiger charge is -2.35. The molecule has 142 valence electrons. The molecule has 1 atom stereocenters. The fraction of sp³-hybridized carbons (Fsp3) is 0.364. The third-order valence-electron chi connectivity index (χ3n) is 4.91. The highest BCUT2D eigenvalue weighted by Gasteiger charge is 2.34. The molecule has 1 unspecified atom stereocenters. The van der Waals surface area contributed by atoms with Crippen molar-refractivity contribution >= 4 is 11.9 Å². The number of esters is 1. The Labute approximate surface area is 160 Å². The number of hydrogen-bond acceptors (Lipinski definition) is 4. The van der Waals surface area contributed by atoms with Crippen LogP contribution < -0.4 is 5.32 Å². The van der Waals surface area contributed by atoms with Crippen LogP contribution in [0.3, 0.4) is 0 Å². The van der Waals surface area contributed by atoms with Crippen molar-refractivity contribution in [2.24, 2.45) is 0 Å². The molecule has 5 nitrogen and oxygen atoms in total. The van der Waals surface area contributed by atoms with Crippen LogP contribution in [0.15, 0.2) is 60.7 Å². The van der Waals surface area contributed by atoms with Crippen molar-refractivity contribution in [1.82, 2.24) is 10.2 Å². The van der Waals surface area contributed by atoms with Crippen LogP contribution in [0.5, 0.6) is 0 Å². The van der Waals surface area contributed by atoms with Crippen LogP contribution in [0.25, 0.3) is 0 Å². The predicted octanol–water partition coefficient (Wildman–Crippen LogP) is 2.57. The predicted molar refractivity (Wildman–Crippen MR) is 104 cm³/mol. The number of nitrogens with zero attached hydrogens (tertiary/aromatic N) is 1. The lowest BCUT2D eigenvalue weighted by atomic mass is 9.88. The molecule has 1 aliphatic heterocycles. The topological polar surface area (TPSA) is 58.6 Å². The fourth-order valence-electron chi connectivity index (χ4n) is 3.54. The van der Waals surface area contributed by atoms with Gasteiger partial charge in [0, 0.05) is 32.0 Å². The maximum atomic E-state index is 13.2. The van der Waals surface area contributed by atoms with Crippen molar-refractivity contribution in [2.45, 2.75) is 25.3 Å². The average molecular weight is 366 g/mol. The molecule has 0 aliphatic carbocycles. The number of piperazine rings is 1. The largest absolute Gasteiger partial charge is 0.464 e. The van der Waals surface area contributed by atoms with Crippen molar-refractivity contribution in [3.8, 4) is 0 Å². The zero-order chi connectivity index (χ0) is 19.1. The summed E-state index contributed by atoms with van der Waals surface area (Å²) in [6.45, 7) is 3.72. The summed E-state index contributed by atoms with van der Waals surface area (Å²) in [4.78, 5) is 27.1. The van der Waals surface area contributed by atoms with E-state index in [1.165, 1.54) is 0 Å². The van der Waals surface area contributed by atoms with Gasteiger partial charge in [-0.1, -0.05) is 60.7 Å². The highest BCUT2D eigenvalue weighted by atomic mass is 16.5. The van der Waals surface area contributed by atoms with E-state index in [0.29, 0.717) is 32.7 Å². The zero-order valence-electron chi connectivity index (χ0n) is 15.6. The summed E-state index contributed by atoms with van der Waals surface area (Å²) in [6, 6.07) is 19.5. The summed E-state index contributed by atoms with van der Waals surface area (Å²) < 4.78 is 5.16. The number of carbonyl (C=O) groups is 2. The Morgan fingerprint density at radius 2 is 1.67 bits per heavy atom. The van der Waals surface area contributed by atoms with Crippen molar-refractivity contribution in [2.75, 3.05) is 26.2 Å². The van der Waals surface area contributed by atoms with Gasteiger partial charge in [-0.15, -0.1) is 0 Å². The van der Waals surface area contributed by atoms with Gasteiger partial charge in [0.15, 0.2) is 0 Å². The molecule has 1 aliphatic rings. The number of carbonyl (C=O) groups excluding carboxylic acids is 2. The summed E-state index contributed by atoms with van der Waals surface area (Å²) in [7, 11) is 0. The first-order valence-electron chi connectivity index (χ1n) is 9.47. The van der Waals surface area contributed by atoms with Gasteiger partial charge in [-0.3, -0.25) is 4.79 Å². The number of nitrogens with one attached hydrogen (secondary N) is 1. The number of rotatable bonds is 6. The molecule has 0 radical (unpaired) electrons. The monoisotopic (exact) mass is 366 g/mol. The summed E-state index contributed by atoms with van der Waals surface area (Å²) in [5, 5.41) is 3.18. The van der Waals surface area contributed by atoms with Crippen LogP contribution in [0.1, 0.15) is 30.4 Å². The molecule has 0 saturated carbocycles. The molecule has 1 fully saturated rings. The minimum Gasteiger partial charge on any atom is -0.464 e. The molecule has 1 heterocycles. The number of hydrogen-bond donors (Lipinski definition) is 1. The minimum atomic E-state index is -0.557. The molecule has 2 aromatic rings. The molecule has 1 amide bonds. The van der Waals surface area contributed by atoms with Crippen LogP contribution in [-0.4, -0.2) is 49.1 Å². The van der Waals surface area contributed by atoms with Gasteiger partial charge in [0.25, 0.3) is 0 Å². The third-order valence-corrected chi connectivity index (χ3v) is 4.91. The fourth-order valence-corrected chi connectivity index (χ4v) is 3.54. The lowest BCUT2D eigenvalue weighted by Crippen LogP contribution is -2.57. The molecule has 0 spiro atoms. The highest BCUT2D eigenvalue weighted by molar-refractivity contribution is 5.85. The number of benzene rings is 2. The van der Waals surface area contributed by atoms with E-state index in [1.54, 1.807) is 11.8 Å². The molecule has 0 aromatic heterocycles. The van der Waals surface area contributed by atoms with Gasteiger partial charge in [-0.25, -0.2) is 4.79 Å².